The summed E-state index contributed by atoms with van der Waals surface area (Å²) >= 11 is 0. The first-order chi connectivity index (χ1) is 9.52. The summed E-state index contributed by atoms with van der Waals surface area (Å²) in [6.45, 7) is 7.70. The third-order valence-electron chi connectivity index (χ3n) is 3.21. The Hall–Kier alpha value is -0.970. The Labute approximate surface area is 121 Å². The van der Waals surface area contributed by atoms with Crippen LogP contribution in [0.3, 0.4) is 0 Å². The van der Waals surface area contributed by atoms with Crippen LogP contribution in [0.2, 0.25) is 0 Å². The van der Waals surface area contributed by atoms with Gasteiger partial charge < -0.3 is 14.7 Å². The van der Waals surface area contributed by atoms with Crippen LogP contribution in [0, 0.1) is 11.7 Å². The topological polar surface area (TPSA) is 32.7 Å². The van der Waals surface area contributed by atoms with E-state index >= 15 is 0 Å². The van der Waals surface area contributed by atoms with Crippen molar-refractivity contribution >= 4 is 0 Å². The standard InChI is InChI=1S/C16H26FNO2/c1-13(2)12-18(10-11-20-3)9-8-16(19)14-4-6-15(17)7-5-14/h4-7,13,16,19H,8-12H2,1-3H3. The second-order valence-electron chi connectivity index (χ2n) is 5.54. The van der Waals surface area contributed by atoms with Gasteiger partial charge in [-0.25, -0.2) is 4.39 Å². The molecule has 1 N–H and O–H groups in total. The van der Waals surface area contributed by atoms with Crippen molar-refractivity contribution < 1.29 is 14.2 Å². The van der Waals surface area contributed by atoms with Gasteiger partial charge in [0, 0.05) is 26.7 Å². The molecule has 114 valence electrons. The van der Waals surface area contributed by atoms with Crippen molar-refractivity contribution in [2.24, 2.45) is 5.92 Å². The third-order valence-corrected chi connectivity index (χ3v) is 3.21. The third kappa shape index (κ3) is 6.46. The average molecular weight is 283 g/mol. The number of methoxy groups -OCH3 is 1. The molecule has 0 spiro atoms. The number of halogens is 1. The van der Waals surface area contributed by atoms with Crippen LogP contribution in [0.5, 0.6) is 0 Å². The molecule has 0 radical (unpaired) electrons. The maximum atomic E-state index is 12.8. The maximum absolute atomic E-state index is 12.8. The highest BCUT2D eigenvalue weighted by molar-refractivity contribution is 5.18. The van der Waals surface area contributed by atoms with Crippen LogP contribution in [0.4, 0.5) is 4.39 Å². The van der Waals surface area contributed by atoms with Gasteiger partial charge in [0.2, 0.25) is 0 Å². The summed E-state index contributed by atoms with van der Waals surface area (Å²) in [6.07, 6.45) is 0.0926. The van der Waals surface area contributed by atoms with Gasteiger partial charge in [-0.15, -0.1) is 0 Å². The van der Waals surface area contributed by atoms with Gasteiger partial charge in [0.1, 0.15) is 5.82 Å². The van der Waals surface area contributed by atoms with E-state index in [-0.39, 0.29) is 5.82 Å². The molecule has 0 amide bonds. The Bertz CT molecular complexity index is 367. The summed E-state index contributed by atoms with van der Waals surface area (Å²) in [7, 11) is 1.70. The number of aliphatic hydroxyl groups is 1. The lowest BCUT2D eigenvalue weighted by Crippen LogP contribution is -2.32. The van der Waals surface area contributed by atoms with Crippen LogP contribution < -0.4 is 0 Å². The fourth-order valence-electron chi connectivity index (χ4n) is 2.19. The van der Waals surface area contributed by atoms with E-state index in [1.54, 1.807) is 19.2 Å². The Kier molecular flexibility index (Phi) is 7.73. The summed E-state index contributed by atoms with van der Waals surface area (Å²) in [6, 6.07) is 6.05. The van der Waals surface area contributed by atoms with E-state index in [0.29, 0.717) is 18.9 Å². The van der Waals surface area contributed by atoms with Gasteiger partial charge >= 0.3 is 0 Å². The first-order valence-corrected chi connectivity index (χ1v) is 7.17. The molecule has 0 aliphatic heterocycles. The number of ether oxygens (including phenoxy) is 1. The van der Waals surface area contributed by atoms with Crippen molar-refractivity contribution in [3.8, 4) is 0 Å². The van der Waals surface area contributed by atoms with Gasteiger partial charge in [0.05, 0.1) is 12.7 Å². The van der Waals surface area contributed by atoms with Crippen molar-refractivity contribution in [1.29, 1.82) is 0 Å². The number of nitrogens with zero attached hydrogens (tertiary/aromatic N) is 1. The highest BCUT2D eigenvalue weighted by atomic mass is 19.1. The fourth-order valence-corrected chi connectivity index (χ4v) is 2.19. The lowest BCUT2D eigenvalue weighted by molar-refractivity contribution is 0.111. The normalized spacial score (nSPS) is 13.2. The van der Waals surface area contributed by atoms with E-state index in [4.69, 9.17) is 4.74 Å². The zero-order valence-electron chi connectivity index (χ0n) is 12.7. The van der Waals surface area contributed by atoms with Crippen LogP contribution in [0.1, 0.15) is 31.9 Å². The SMILES string of the molecule is COCCN(CCC(O)c1ccc(F)cc1)CC(C)C. The van der Waals surface area contributed by atoms with Crippen molar-refractivity contribution in [1.82, 2.24) is 4.90 Å². The lowest BCUT2D eigenvalue weighted by Gasteiger charge is -2.25. The number of benzene rings is 1. The maximum Gasteiger partial charge on any atom is 0.123 e. The van der Waals surface area contributed by atoms with Crippen molar-refractivity contribution in [3.63, 3.8) is 0 Å². The minimum Gasteiger partial charge on any atom is -0.388 e. The van der Waals surface area contributed by atoms with Crippen LogP contribution >= 0.6 is 0 Å². The summed E-state index contributed by atoms with van der Waals surface area (Å²) < 4.78 is 18.0. The van der Waals surface area contributed by atoms with Gasteiger partial charge in [0.25, 0.3) is 0 Å². The lowest BCUT2D eigenvalue weighted by atomic mass is 10.1. The molecule has 1 aromatic rings. The predicted molar refractivity (Wildman–Crippen MR) is 79.1 cm³/mol. The van der Waals surface area contributed by atoms with Gasteiger partial charge in [0.15, 0.2) is 0 Å². The molecule has 20 heavy (non-hydrogen) atoms. The molecule has 4 heteroatoms. The number of hydrogen-bond donors (Lipinski definition) is 1. The molecule has 0 fully saturated rings. The summed E-state index contributed by atoms with van der Waals surface area (Å²) in [4.78, 5) is 2.29. The van der Waals surface area contributed by atoms with Crippen LogP contribution in [0.15, 0.2) is 24.3 Å². The van der Waals surface area contributed by atoms with Gasteiger partial charge in [-0.05, 0) is 30.0 Å². The van der Waals surface area contributed by atoms with E-state index in [2.05, 4.69) is 18.7 Å². The van der Waals surface area contributed by atoms with Crippen LogP contribution in [-0.4, -0.2) is 43.4 Å². The Balaban J connectivity index is 2.46. The molecule has 0 aliphatic rings. The van der Waals surface area contributed by atoms with Crippen LogP contribution in [-0.2, 0) is 4.74 Å². The molecule has 0 saturated heterocycles. The van der Waals surface area contributed by atoms with E-state index in [1.165, 1.54) is 12.1 Å². The van der Waals surface area contributed by atoms with E-state index in [1.807, 2.05) is 0 Å². The quantitative estimate of drug-likeness (QED) is 0.756. The zero-order valence-corrected chi connectivity index (χ0v) is 12.7. The van der Waals surface area contributed by atoms with Crippen molar-refractivity contribution in [3.05, 3.63) is 35.6 Å². The van der Waals surface area contributed by atoms with Gasteiger partial charge in [-0.2, -0.15) is 0 Å². The molecule has 1 unspecified atom stereocenters. The molecule has 3 nitrogen and oxygen atoms in total. The largest absolute Gasteiger partial charge is 0.388 e. The molecule has 0 saturated carbocycles. The second kappa shape index (κ2) is 9.06. The number of rotatable bonds is 9. The number of hydrogen-bond acceptors (Lipinski definition) is 3. The van der Waals surface area contributed by atoms with Gasteiger partial charge in [-0.1, -0.05) is 26.0 Å². The van der Waals surface area contributed by atoms with Gasteiger partial charge in [-0.3, -0.25) is 0 Å². The minimum atomic E-state index is -0.548. The summed E-state index contributed by atoms with van der Waals surface area (Å²) in [5.74, 6) is 0.303. The minimum absolute atomic E-state index is 0.275. The Morgan fingerprint density at radius 2 is 1.85 bits per heavy atom. The molecular weight excluding hydrogens is 257 g/mol. The monoisotopic (exact) mass is 283 g/mol. The molecule has 0 aliphatic carbocycles. The predicted octanol–water partition coefficient (Wildman–Crippen LogP) is 2.85. The zero-order chi connectivity index (χ0) is 15.0. The first kappa shape index (κ1) is 17.1. The Morgan fingerprint density at radius 3 is 2.40 bits per heavy atom. The smallest absolute Gasteiger partial charge is 0.123 e. The van der Waals surface area contributed by atoms with Crippen molar-refractivity contribution in [2.75, 3.05) is 33.4 Å². The molecule has 0 bridgehead atoms. The highest BCUT2D eigenvalue weighted by Crippen LogP contribution is 2.17. The number of aliphatic hydroxyl groups excluding tert-OH is 1. The second-order valence-corrected chi connectivity index (χ2v) is 5.54. The van der Waals surface area contributed by atoms with Crippen molar-refractivity contribution in [2.45, 2.75) is 26.4 Å². The Morgan fingerprint density at radius 1 is 1.20 bits per heavy atom. The van der Waals surface area contributed by atoms with E-state index in [0.717, 1.165) is 25.2 Å². The highest BCUT2D eigenvalue weighted by Gasteiger charge is 2.12. The van der Waals surface area contributed by atoms with E-state index < -0.39 is 6.10 Å². The molecule has 1 atom stereocenters. The van der Waals surface area contributed by atoms with Crippen LogP contribution in [0.25, 0.3) is 0 Å². The first-order valence-electron chi connectivity index (χ1n) is 7.17. The summed E-state index contributed by atoms with van der Waals surface area (Å²) in [5.41, 5.74) is 0.766. The molecular formula is C16H26FNO2. The van der Waals surface area contributed by atoms with E-state index in [9.17, 15) is 9.50 Å². The summed E-state index contributed by atoms with van der Waals surface area (Å²) in [5, 5.41) is 10.1. The fraction of sp³-hybridized carbons (Fsp3) is 0.625. The average Bonchev–Trinajstić information content (AvgIpc) is 2.41. The molecule has 1 aromatic carbocycles. The molecule has 0 heterocycles. The molecule has 0 aromatic heterocycles. The molecule has 1 rings (SSSR count).